The number of carbonyl (C=O) groups excluding carboxylic acids is 1. The lowest BCUT2D eigenvalue weighted by Gasteiger charge is -2.22. The van der Waals surface area contributed by atoms with E-state index in [1.807, 2.05) is 12.1 Å². The van der Waals surface area contributed by atoms with E-state index in [1.54, 1.807) is 18.3 Å². The van der Waals surface area contributed by atoms with Gasteiger partial charge in [0.25, 0.3) is 0 Å². The minimum Gasteiger partial charge on any atom is -0.508 e. The van der Waals surface area contributed by atoms with Gasteiger partial charge in [-0.2, -0.15) is 0 Å². The molecule has 166 valence electrons. The van der Waals surface area contributed by atoms with E-state index in [2.05, 4.69) is 10.3 Å². The van der Waals surface area contributed by atoms with Gasteiger partial charge in [-0.25, -0.2) is 9.97 Å². The summed E-state index contributed by atoms with van der Waals surface area (Å²) in [5.41, 5.74) is 2.58. The molecule has 0 radical (unpaired) electrons. The maximum Gasteiger partial charge on any atom is 0.225 e. The smallest absolute Gasteiger partial charge is 0.225 e. The summed E-state index contributed by atoms with van der Waals surface area (Å²) in [6.45, 7) is 0. The minimum absolute atomic E-state index is 0.0671. The maximum absolute atomic E-state index is 12.7. The fourth-order valence-electron chi connectivity index (χ4n) is 5.13. The molecule has 1 aromatic carbocycles. The molecule has 5 heteroatoms. The first-order valence-corrected chi connectivity index (χ1v) is 12.1. The highest BCUT2D eigenvalue weighted by Crippen LogP contribution is 2.30. The van der Waals surface area contributed by atoms with Crippen LogP contribution in [0.1, 0.15) is 82.7 Å². The summed E-state index contributed by atoms with van der Waals surface area (Å²) in [6, 6.07) is 7.04. The number of aromatic nitrogens is 2. The minimum atomic E-state index is 0.0671. The lowest BCUT2D eigenvalue weighted by Crippen LogP contribution is -2.20. The Morgan fingerprint density at radius 1 is 0.935 bits per heavy atom. The number of nitrogens with zero attached hydrogens (tertiary/aromatic N) is 2. The van der Waals surface area contributed by atoms with Crippen LogP contribution in [0.25, 0.3) is 11.3 Å². The molecule has 1 heterocycles. The van der Waals surface area contributed by atoms with E-state index in [4.69, 9.17) is 4.98 Å². The Morgan fingerprint density at radius 3 is 2.26 bits per heavy atom. The van der Waals surface area contributed by atoms with Crippen molar-refractivity contribution in [3.8, 4) is 17.0 Å². The van der Waals surface area contributed by atoms with Crippen LogP contribution in [-0.2, 0) is 11.2 Å². The molecule has 2 fully saturated rings. The molecule has 1 amide bonds. The lowest BCUT2D eigenvalue weighted by molar-refractivity contribution is -0.117. The number of aryl methyl sites for hydroxylation is 1. The number of carbonyl (C=O) groups is 1. The zero-order chi connectivity index (χ0) is 21.5. The van der Waals surface area contributed by atoms with Crippen molar-refractivity contribution in [3.63, 3.8) is 0 Å². The molecular weight excluding hydrogens is 386 g/mol. The molecule has 0 bridgehead atoms. The average Bonchev–Trinajstić information content (AvgIpc) is 2.80. The Labute approximate surface area is 185 Å². The second-order valence-electron chi connectivity index (χ2n) is 9.40. The Morgan fingerprint density at radius 2 is 1.58 bits per heavy atom. The number of nitrogens with one attached hydrogen (secondary N) is 1. The first kappa shape index (κ1) is 21.8. The van der Waals surface area contributed by atoms with Gasteiger partial charge in [-0.1, -0.05) is 51.4 Å². The van der Waals surface area contributed by atoms with E-state index < -0.39 is 0 Å². The van der Waals surface area contributed by atoms with Gasteiger partial charge in [-0.3, -0.25) is 4.79 Å². The fourth-order valence-corrected chi connectivity index (χ4v) is 5.13. The number of aromatic hydroxyl groups is 1. The van der Waals surface area contributed by atoms with Crippen LogP contribution >= 0.6 is 0 Å². The second kappa shape index (κ2) is 10.7. The van der Waals surface area contributed by atoms with Gasteiger partial charge in [0, 0.05) is 12.0 Å². The van der Waals surface area contributed by atoms with Gasteiger partial charge < -0.3 is 10.4 Å². The van der Waals surface area contributed by atoms with Crippen molar-refractivity contribution >= 4 is 11.7 Å². The van der Waals surface area contributed by atoms with Crippen molar-refractivity contribution in [3.05, 3.63) is 36.2 Å². The first-order chi connectivity index (χ1) is 15.2. The van der Waals surface area contributed by atoms with Crippen LogP contribution in [0.5, 0.6) is 5.75 Å². The summed E-state index contributed by atoms with van der Waals surface area (Å²) < 4.78 is 0. The molecule has 0 aliphatic heterocycles. The van der Waals surface area contributed by atoms with Gasteiger partial charge >= 0.3 is 0 Å². The number of hydrogen-bond donors (Lipinski definition) is 2. The molecule has 0 unspecified atom stereocenters. The van der Waals surface area contributed by atoms with Crippen LogP contribution < -0.4 is 5.32 Å². The summed E-state index contributed by atoms with van der Waals surface area (Å²) in [5.74, 6) is 2.18. The third kappa shape index (κ3) is 6.28. The lowest BCUT2D eigenvalue weighted by atomic mass is 9.85. The predicted octanol–water partition coefficient (Wildman–Crippen LogP) is 6.27. The van der Waals surface area contributed by atoms with Gasteiger partial charge in [0.1, 0.15) is 5.75 Å². The Balaban J connectivity index is 1.49. The van der Waals surface area contributed by atoms with Crippen molar-refractivity contribution in [2.75, 3.05) is 5.32 Å². The topological polar surface area (TPSA) is 75.1 Å². The van der Waals surface area contributed by atoms with E-state index in [1.165, 1.54) is 51.4 Å². The van der Waals surface area contributed by atoms with E-state index >= 15 is 0 Å². The van der Waals surface area contributed by atoms with E-state index in [-0.39, 0.29) is 11.7 Å². The maximum atomic E-state index is 12.7. The van der Waals surface area contributed by atoms with Crippen LogP contribution in [0.2, 0.25) is 0 Å². The third-order valence-electron chi connectivity index (χ3n) is 6.98. The van der Waals surface area contributed by atoms with E-state index in [0.29, 0.717) is 18.2 Å². The monoisotopic (exact) mass is 421 g/mol. The number of phenolic OH excluding ortho intramolecular Hbond substituents is 1. The fraction of sp³-hybridized carbons (Fsp3) is 0.577. The summed E-state index contributed by atoms with van der Waals surface area (Å²) in [7, 11) is 0. The van der Waals surface area contributed by atoms with Crippen LogP contribution in [-0.4, -0.2) is 21.0 Å². The number of benzene rings is 1. The Hall–Kier alpha value is -2.43. The normalized spacial score (nSPS) is 18.1. The standard InChI is InChI=1S/C26H35N3O2/c30-22-14-12-21(13-15-22)24-18-27-26(29-25(31)17-20-9-5-2-6-10-20)23(28-24)16-11-19-7-3-1-4-8-19/h12-15,18-20,30H,1-11,16-17H2,(H,27,29,31). The molecule has 2 aromatic rings. The van der Waals surface area contributed by atoms with Crippen molar-refractivity contribution in [2.24, 2.45) is 11.8 Å². The van der Waals surface area contributed by atoms with E-state index in [9.17, 15) is 9.90 Å². The molecule has 0 saturated heterocycles. The molecule has 2 aliphatic carbocycles. The summed E-state index contributed by atoms with van der Waals surface area (Å²) in [4.78, 5) is 22.2. The van der Waals surface area contributed by atoms with Crippen molar-refractivity contribution in [1.82, 2.24) is 9.97 Å². The number of rotatable bonds is 7. The largest absolute Gasteiger partial charge is 0.508 e. The molecule has 31 heavy (non-hydrogen) atoms. The summed E-state index contributed by atoms with van der Waals surface area (Å²) >= 11 is 0. The van der Waals surface area contributed by atoms with Crippen LogP contribution in [0.4, 0.5) is 5.82 Å². The van der Waals surface area contributed by atoms with Crippen molar-refractivity contribution in [1.29, 1.82) is 0 Å². The molecule has 5 nitrogen and oxygen atoms in total. The average molecular weight is 422 g/mol. The Kier molecular flexibility index (Phi) is 7.55. The van der Waals surface area contributed by atoms with Gasteiger partial charge in [0.05, 0.1) is 17.6 Å². The molecule has 4 rings (SSSR count). The zero-order valence-corrected chi connectivity index (χ0v) is 18.5. The molecule has 2 N–H and O–H groups in total. The highest BCUT2D eigenvalue weighted by molar-refractivity contribution is 5.90. The Bertz CT molecular complexity index is 853. The van der Waals surface area contributed by atoms with Crippen LogP contribution in [0.15, 0.2) is 30.5 Å². The molecule has 2 saturated carbocycles. The van der Waals surface area contributed by atoms with Crippen molar-refractivity contribution in [2.45, 2.75) is 83.5 Å². The van der Waals surface area contributed by atoms with Gasteiger partial charge in [0.15, 0.2) is 5.82 Å². The molecule has 2 aliphatic rings. The van der Waals surface area contributed by atoms with Crippen LogP contribution in [0, 0.1) is 11.8 Å². The molecule has 0 spiro atoms. The van der Waals surface area contributed by atoms with E-state index in [0.717, 1.165) is 48.6 Å². The number of anilines is 1. The number of hydrogen-bond acceptors (Lipinski definition) is 4. The van der Waals surface area contributed by atoms with Gasteiger partial charge in [-0.15, -0.1) is 0 Å². The van der Waals surface area contributed by atoms with Gasteiger partial charge in [-0.05, 0) is 61.8 Å². The van der Waals surface area contributed by atoms with Crippen LogP contribution in [0.3, 0.4) is 0 Å². The number of phenols is 1. The highest BCUT2D eigenvalue weighted by Gasteiger charge is 2.20. The highest BCUT2D eigenvalue weighted by atomic mass is 16.3. The molecule has 0 atom stereocenters. The first-order valence-electron chi connectivity index (χ1n) is 12.1. The third-order valence-corrected chi connectivity index (χ3v) is 6.98. The zero-order valence-electron chi connectivity index (χ0n) is 18.5. The summed E-state index contributed by atoms with van der Waals surface area (Å²) in [6.07, 6.45) is 17.0. The SMILES string of the molecule is O=C(CC1CCCCC1)Nc1ncc(-c2ccc(O)cc2)nc1CCC1CCCCC1. The molecule has 1 aromatic heterocycles. The predicted molar refractivity (Wildman–Crippen MR) is 124 cm³/mol. The number of amides is 1. The second-order valence-corrected chi connectivity index (χ2v) is 9.40. The summed E-state index contributed by atoms with van der Waals surface area (Å²) in [5, 5.41) is 12.7. The molecular formula is C26H35N3O2. The quantitative estimate of drug-likeness (QED) is 0.552. The van der Waals surface area contributed by atoms with Gasteiger partial charge in [0.2, 0.25) is 5.91 Å². The van der Waals surface area contributed by atoms with Crippen molar-refractivity contribution < 1.29 is 9.90 Å².